The molecule has 17 heavy (non-hydrogen) atoms. The van der Waals surface area contributed by atoms with E-state index in [1.807, 2.05) is 13.0 Å². The molecule has 0 atom stereocenters. The van der Waals surface area contributed by atoms with Crippen LogP contribution in [0.25, 0.3) is 16.0 Å². The molecule has 0 aliphatic heterocycles. The minimum atomic E-state index is 0.366. The molecule has 3 N–H and O–H groups in total. The Hall–Kier alpha value is -2.06. The van der Waals surface area contributed by atoms with Gasteiger partial charge in [0, 0.05) is 4.88 Å². The monoisotopic (exact) mass is 247 g/mol. The number of aryl methyl sites for hydroxylation is 1. The summed E-state index contributed by atoms with van der Waals surface area (Å²) < 4.78 is 1.59. The van der Waals surface area contributed by atoms with E-state index in [4.69, 9.17) is 5.84 Å². The number of anilines is 1. The number of aromatic nitrogens is 5. The van der Waals surface area contributed by atoms with Crippen LogP contribution in [0.15, 0.2) is 18.7 Å². The lowest BCUT2D eigenvalue weighted by atomic mass is 10.3. The second kappa shape index (κ2) is 3.75. The van der Waals surface area contributed by atoms with Crippen molar-refractivity contribution >= 4 is 27.5 Å². The zero-order chi connectivity index (χ0) is 11.8. The van der Waals surface area contributed by atoms with Gasteiger partial charge in [0.1, 0.15) is 17.5 Å². The average Bonchev–Trinajstić information content (AvgIpc) is 2.94. The van der Waals surface area contributed by atoms with Gasteiger partial charge >= 0.3 is 0 Å². The normalized spacial score (nSPS) is 10.9. The number of hydrogen-bond donors (Lipinski definition) is 2. The summed E-state index contributed by atoms with van der Waals surface area (Å²) in [6.07, 6.45) is 3.05. The molecule has 0 aliphatic carbocycles. The highest BCUT2D eigenvalue weighted by atomic mass is 32.1. The van der Waals surface area contributed by atoms with Gasteiger partial charge in [-0.3, -0.25) is 5.43 Å². The number of nitrogens with zero attached hydrogens (tertiary/aromatic N) is 5. The fraction of sp³-hybridized carbons (Fsp3) is 0.111. The van der Waals surface area contributed by atoms with Crippen LogP contribution in [0.1, 0.15) is 4.88 Å². The molecular weight excluding hydrogens is 238 g/mol. The number of rotatable bonds is 2. The van der Waals surface area contributed by atoms with Crippen LogP contribution in [0, 0.1) is 6.92 Å². The van der Waals surface area contributed by atoms with Gasteiger partial charge in [-0.2, -0.15) is 10.1 Å². The van der Waals surface area contributed by atoms with Crippen molar-refractivity contribution in [2.45, 2.75) is 6.92 Å². The van der Waals surface area contributed by atoms with Crippen molar-refractivity contribution in [2.75, 3.05) is 5.43 Å². The highest BCUT2D eigenvalue weighted by Gasteiger charge is 2.12. The standard InChI is InChI=1S/C9H9N7S/c1-5-2-6-7(16-4-11-3-12-16)13-9(15-10)14-8(6)17-5/h2-4H,10H2,1H3,(H,13,14,15). The molecule has 3 aromatic heterocycles. The van der Waals surface area contributed by atoms with E-state index in [2.05, 4.69) is 25.5 Å². The van der Waals surface area contributed by atoms with Gasteiger partial charge in [-0.05, 0) is 13.0 Å². The third kappa shape index (κ3) is 1.63. The molecule has 8 heteroatoms. The van der Waals surface area contributed by atoms with Crippen LogP contribution in [0.3, 0.4) is 0 Å². The summed E-state index contributed by atoms with van der Waals surface area (Å²) >= 11 is 1.58. The summed E-state index contributed by atoms with van der Waals surface area (Å²) in [6, 6.07) is 2.03. The van der Waals surface area contributed by atoms with Gasteiger partial charge in [-0.15, -0.1) is 11.3 Å². The van der Waals surface area contributed by atoms with Crippen LogP contribution < -0.4 is 11.3 Å². The zero-order valence-corrected chi connectivity index (χ0v) is 9.77. The number of nitrogens with two attached hydrogens (primary N) is 1. The maximum atomic E-state index is 5.35. The van der Waals surface area contributed by atoms with Crippen molar-refractivity contribution in [3.8, 4) is 5.82 Å². The molecule has 0 aromatic carbocycles. The summed E-state index contributed by atoms with van der Waals surface area (Å²) in [6.45, 7) is 2.02. The van der Waals surface area contributed by atoms with E-state index >= 15 is 0 Å². The minimum absolute atomic E-state index is 0.366. The summed E-state index contributed by atoms with van der Waals surface area (Å²) in [5, 5.41) is 5.01. The van der Waals surface area contributed by atoms with Crippen LogP contribution >= 0.6 is 11.3 Å². The third-order valence-electron chi connectivity index (χ3n) is 2.26. The van der Waals surface area contributed by atoms with E-state index in [-0.39, 0.29) is 0 Å². The minimum Gasteiger partial charge on any atom is -0.292 e. The zero-order valence-electron chi connectivity index (χ0n) is 8.95. The molecule has 0 saturated heterocycles. The fourth-order valence-corrected chi connectivity index (χ4v) is 2.46. The SMILES string of the molecule is Cc1cc2c(-n3cncn3)nc(NN)nc2s1. The van der Waals surface area contributed by atoms with E-state index in [0.29, 0.717) is 11.8 Å². The molecule has 0 bridgehead atoms. The van der Waals surface area contributed by atoms with Crippen LogP contribution in [-0.2, 0) is 0 Å². The van der Waals surface area contributed by atoms with Crippen molar-refractivity contribution in [1.82, 2.24) is 24.7 Å². The lowest BCUT2D eigenvalue weighted by molar-refractivity contribution is 0.850. The molecule has 3 aromatic rings. The average molecular weight is 247 g/mol. The number of nitrogens with one attached hydrogen (secondary N) is 1. The Morgan fingerprint density at radius 2 is 2.29 bits per heavy atom. The quantitative estimate of drug-likeness (QED) is 0.515. The highest BCUT2D eigenvalue weighted by molar-refractivity contribution is 7.18. The lowest BCUT2D eigenvalue weighted by Gasteiger charge is -2.04. The lowest BCUT2D eigenvalue weighted by Crippen LogP contribution is -2.12. The third-order valence-corrected chi connectivity index (χ3v) is 3.21. The second-order valence-corrected chi connectivity index (χ2v) is 4.67. The van der Waals surface area contributed by atoms with Crippen LogP contribution in [-0.4, -0.2) is 24.7 Å². The molecule has 0 radical (unpaired) electrons. The fourth-order valence-electron chi connectivity index (χ4n) is 1.58. The van der Waals surface area contributed by atoms with E-state index in [1.165, 1.54) is 6.33 Å². The first-order chi connectivity index (χ1) is 8.28. The molecule has 86 valence electrons. The first kappa shape index (κ1) is 10.1. The molecule has 0 spiro atoms. The van der Waals surface area contributed by atoms with Gasteiger partial charge in [-0.25, -0.2) is 20.5 Å². The molecule has 3 rings (SSSR count). The predicted molar refractivity (Wildman–Crippen MR) is 64.9 cm³/mol. The maximum absolute atomic E-state index is 5.35. The summed E-state index contributed by atoms with van der Waals surface area (Å²) in [4.78, 5) is 14.5. The van der Waals surface area contributed by atoms with Crippen molar-refractivity contribution in [3.05, 3.63) is 23.6 Å². The van der Waals surface area contributed by atoms with E-state index in [9.17, 15) is 0 Å². The molecule has 0 aliphatic rings. The van der Waals surface area contributed by atoms with Crippen molar-refractivity contribution in [2.24, 2.45) is 5.84 Å². The second-order valence-electron chi connectivity index (χ2n) is 3.43. The Morgan fingerprint density at radius 3 is 3.00 bits per heavy atom. The topological polar surface area (TPSA) is 94.5 Å². The molecule has 0 amide bonds. The van der Waals surface area contributed by atoms with Gasteiger partial charge in [0.15, 0.2) is 5.82 Å². The number of nitrogen functional groups attached to an aromatic ring is 1. The number of hydrazine groups is 1. The Kier molecular flexibility index (Phi) is 2.23. The number of thiophene rings is 1. The van der Waals surface area contributed by atoms with Gasteiger partial charge in [0.2, 0.25) is 5.95 Å². The van der Waals surface area contributed by atoms with Gasteiger partial charge in [0.25, 0.3) is 0 Å². The first-order valence-electron chi connectivity index (χ1n) is 4.88. The molecule has 0 saturated carbocycles. The van der Waals surface area contributed by atoms with Crippen LogP contribution in [0.4, 0.5) is 5.95 Å². The number of hydrogen-bond acceptors (Lipinski definition) is 7. The van der Waals surface area contributed by atoms with Gasteiger partial charge in [0.05, 0.1) is 5.39 Å². The van der Waals surface area contributed by atoms with Crippen molar-refractivity contribution in [1.29, 1.82) is 0 Å². The highest BCUT2D eigenvalue weighted by Crippen LogP contribution is 2.27. The van der Waals surface area contributed by atoms with Crippen molar-refractivity contribution in [3.63, 3.8) is 0 Å². The smallest absolute Gasteiger partial charge is 0.240 e. The molecule has 0 unspecified atom stereocenters. The Bertz CT molecular complexity index is 657. The summed E-state index contributed by atoms with van der Waals surface area (Å²) in [5.41, 5.74) is 2.45. The van der Waals surface area contributed by atoms with Gasteiger partial charge < -0.3 is 0 Å². The molecular formula is C9H9N7S. The van der Waals surface area contributed by atoms with Crippen LogP contribution in [0.5, 0.6) is 0 Å². The summed E-state index contributed by atoms with van der Waals surface area (Å²) in [5.74, 6) is 6.39. The van der Waals surface area contributed by atoms with E-state index < -0.39 is 0 Å². The Labute approximate surface area is 100 Å². The number of fused-ring (bicyclic) bond motifs is 1. The van der Waals surface area contributed by atoms with Gasteiger partial charge in [-0.1, -0.05) is 0 Å². The van der Waals surface area contributed by atoms with E-state index in [1.54, 1.807) is 22.3 Å². The van der Waals surface area contributed by atoms with Crippen LogP contribution in [0.2, 0.25) is 0 Å². The Morgan fingerprint density at radius 1 is 1.41 bits per heavy atom. The molecule has 0 fully saturated rings. The Balaban J connectivity index is 2.34. The van der Waals surface area contributed by atoms with Crippen molar-refractivity contribution < 1.29 is 0 Å². The maximum Gasteiger partial charge on any atom is 0.240 e. The first-order valence-corrected chi connectivity index (χ1v) is 5.69. The molecule has 7 nitrogen and oxygen atoms in total. The summed E-state index contributed by atoms with van der Waals surface area (Å²) in [7, 11) is 0. The predicted octanol–water partition coefficient (Wildman–Crippen LogP) is 0.866. The largest absolute Gasteiger partial charge is 0.292 e. The molecule has 3 heterocycles. The van der Waals surface area contributed by atoms with E-state index in [0.717, 1.165) is 15.1 Å².